The number of azide groups is 1. The number of carboxylic acids is 1. The largest absolute Gasteiger partial charge is 0.535 e. The first-order valence-corrected chi connectivity index (χ1v) is 44.5. The Hall–Kier alpha value is -11.9. The lowest BCUT2D eigenvalue weighted by molar-refractivity contribution is -0.136. The number of hydrogen-bond acceptors (Lipinski definition) is 24. The van der Waals surface area contributed by atoms with E-state index < -0.39 is 64.6 Å². The van der Waals surface area contributed by atoms with Gasteiger partial charge in [-0.05, 0) is 215 Å². The van der Waals surface area contributed by atoms with Crippen molar-refractivity contribution >= 4 is 76.2 Å². The van der Waals surface area contributed by atoms with Crippen LogP contribution in [0.15, 0.2) is 163 Å². The Kier molecular flexibility index (Phi) is 66.5. The third-order valence-corrected chi connectivity index (χ3v) is 17.1. The smallest absolute Gasteiger partial charge is 0.481 e. The van der Waals surface area contributed by atoms with Crippen LogP contribution in [0.25, 0.3) is 10.4 Å². The summed E-state index contributed by atoms with van der Waals surface area (Å²) in [6.07, 6.45) is 18.4. The van der Waals surface area contributed by atoms with E-state index in [1.54, 1.807) is 70.7 Å². The number of nitrogens with zero attached hydrogens (tertiary/aromatic N) is 10. The number of halogens is 5. The van der Waals surface area contributed by atoms with Crippen LogP contribution in [0.4, 0.5) is 37.4 Å². The molecule has 0 aliphatic heterocycles. The van der Waals surface area contributed by atoms with E-state index in [0.717, 1.165) is 80.1 Å². The number of aliphatic hydroxyl groups is 4. The molecule has 733 valence electrons. The first-order valence-electron chi connectivity index (χ1n) is 42.3. The lowest BCUT2D eigenvalue weighted by Gasteiger charge is -2.27. The second kappa shape index (κ2) is 71.7. The summed E-state index contributed by atoms with van der Waals surface area (Å²) >= 11 is 6.69. The van der Waals surface area contributed by atoms with E-state index in [1.165, 1.54) is 21.6 Å². The molecule has 32 nitrogen and oxygen atoms in total. The van der Waals surface area contributed by atoms with Crippen LogP contribution in [0, 0.1) is 37.0 Å². The van der Waals surface area contributed by atoms with Gasteiger partial charge in [0.1, 0.15) is 39.4 Å². The lowest BCUT2D eigenvalue weighted by atomic mass is 10.1. The number of aromatic nitrogens is 6. The van der Waals surface area contributed by atoms with Crippen LogP contribution >= 0.6 is 31.9 Å². The number of amides is 3. The number of benzene rings is 6. The third kappa shape index (κ3) is 67.3. The van der Waals surface area contributed by atoms with Crippen LogP contribution in [0.5, 0.6) is 0 Å². The number of aromatic amines is 2. The topological polar surface area (TPSA) is 448 Å². The molecule has 6 aromatic carbocycles. The Labute approximate surface area is 804 Å². The summed E-state index contributed by atoms with van der Waals surface area (Å²) in [5.41, 5.74) is 24.3. The quantitative estimate of drug-likeness (QED) is 0.00186. The second-order valence-electron chi connectivity index (χ2n) is 33.3. The van der Waals surface area contributed by atoms with Crippen LogP contribution in [-0.2, 0) is 126 Å². The fourth-order valence-corrected chi connectivity index (χ4v) is 10.7. The molecule has 0 aliphatic rings. The van der Waals surface area contributed by atoms with E-state index >= 15 is 0 Å². The zero-order valence-electron chi connectivity index (χ0n) is 79.6. The van der Waals surface area contributed by atoms with E-state index in [0.29, 0.717) is 89.6 Å². The van der Waals surface area contributed by atoms with Gasteiger partial charge in [0.2, 0.25) is 0 Å². The van der Waals surface area contributed by atoms with Gasteiger partial charge in [-0.2, -0.15) is 30.8 Å². The lowest BCUT2D eigenvalue weighted by Crippen LogP contribution is -2.36. The number of nitrogens with one attached hydrogen (secondary N) is 3. The molecule has 0 aliphatic carbocycles. The summed E-state index contributed by atoms with van der Waals surface area (Å²) in [6, 6.07) is 47.3. The summed E-state index contributed by atoms with van der Waals surface area (Å²) in [7, 11) is 0.181. The number of aliphatic hydroxyl groups excluding tert-OH is 4. The third-order valence-electron chi connectivity index (χ3n) is 15.8. The number of alkyl halides is 2. The number of carbonyl (C=O) groups is 6. The van der Waals surface area contributed by atoms with E-state index in [-0.39, 0.29) is 47.2 Å². The minimum absolute atomic E-state index is 0.0998. The standard InChI is InChI=1S/C17H23N7O2.C17H24N4O3.C17H23NO3.C12H15NO.C10H18O5.C9H9BrO2.C9H11BrO.C3H5N.C2H5BFO.F2/c1-17(2,3)26-16(25)24(12-15-10-20-23-21-15)11-14-6-4-13(5-7-14)8-9-19-22-18;1-17(2,3)24-16(23)21(12-15-10-18-20-19-15)11-14-6-4-13(5-7-14)8-9-22;1-5-11-18(16(20)21-17(2,3)4)13-15-8-6-14(7-9-15)10-12-19;1-2-8-13-10-12-5-3-11(4-6-12)7-9-14;1-9(2,3)14-7(11)13-8(12)15-10(4,5)6;10-6-8-3-1-7(2-4-8)5-9(11)12;10-7-9-3-1-8(2-4-9)5-6-11;1-2-3-4;1-2-5-3-4;1-2/h4-7,10H,8-9,11-12H2,1-3H3,(H,20,21,23);4-7,10,22H,8-9,11-12H2,1-3H3,(H,18,19,20);1,6-9,19H,10-13H2,2-4H3;1,3-6,13-14H,7-10H2;1-6H3;1-4H,5-6H2,(H,11,12);1-4,11H,5-7H2;1H,3-4H2;2H2,1H3;. The summed E-state index contributed by atoms with van der Waals surface area (Å²) in [5, 5.41) is 72.7. The number of aliphatic carboxylic acids is 1. The molecular weight excluding hydrogens is 1860 g/mol. The number of carboxylic acid groups (broad SMARTS) is 1. The van der Waals surface area contributed by atoms with Crippen molar-refractivity contribution < 1.29 is 101 Å². The van der Waals surface area contributed by atoms with E-state index in [1.807, 2.05) is 184 Å². The van der Waals surface area contributed by atoms with Gasteiger partial charge in [-0.25, -0.2) is 24.0 Å². The molecule has 134 heavy (non-hydrogen) atoms. The van der Waals surface area contributed by atoms with Crippen molar-refractivity contribution in [1.82, 2.24) is 50.8 Å². The van der Waals surface area contributed by atoms with Gasteiger partial charge < -0.3 is 69.7 Å². The number of H-pyrrole nitrogens is 2. The molecule has 0 saturated carbocycles. The summed E-state index contributed by atoms with van der Waals surface area (Å²) in [4.78, 5) is 76.8. The Morgan fingerprint density at radius 3 is 1.03 bits per heavy atom. The molecule has 0 unspecified atom stereocenters. The Balaban J connectivity index is 0. The molecule has 8 aromatic rings. The van der Waals surface area contributed by atoms with Crippen LogP contribution in [-0.4, -0.2) is 203 Å². The van der Waals surface area contributed by atoms with Gasteiger partial charge in [-0.3, -0.25) is 23.8 Å². The van der Waals surface area contributed by atoms with Crippen molar-refractivity contribution in [2.75, 3.05) is 59.2 Å². The first-order chi connectivity index (χ1) is 63.4. The molecule has 0 spiro atoms. The molecule has 1 radical (unpaired) electrons. The maximum Gasteiger partial charge on any atom is 0.535 e. The average Bonchev–Trinajstić information content (AvgIpc) is 1.47. The predicted octanol–water partition coefficient (Wildman–Crippen LogP) is 17.6. The summed E-state index contributed by atoms with van der Waals surface area (Å²) < 4.78 is 60.8. The number of hydrogen-bond donors (Lipinski definition) is 9. The number of nitrogens with two attached hydrogens (primary N) is 1. The number of carbonyl (C=O) groups excluding carboxylic acids is 5. The van der Waals surface area contributed by atoms with Crippen molar-refractivity contribution in [3.8, 4) is 37.0 Å². The Morgan fingerprint density at radius 2 is 0.776 bits per heavy atom. The minimum Gasteiger partial charge on any atom is -0.481 e. The minimum atomic E-state index is -1.06. The molecule has 0 fully saturated rings. The SMILES string of the molecule is C#CCN.C#CCN(Cc1ccc(CCO)cc1)C(=O)OC(C)(C)C.C#CCNCc1ccc(CCO)cc1.CC(C)(C)OC(=O)N(Cc1ccc(CCN=[N+]=[N-])cc1)Cc1cn[nH]n1.CC(C)(C)OC(=O)N(Cc1ccc(CCO)cc1)Cc1cn[nH]n1.CC(C)(C)OC(=O)OC(=O)OC(C)(C)C.CCO[B]F.FF.O=C(O)Cc1ccc(CBr)cc1.OCCc1ccc(CBr)cc1. The fraction of sp³-hybridized carbons (Fsp3) is 0.458. The van der Waals surface area contributed by atoms with Gasteiger partial charge >= 0.3 is 44.3 Å². The number of rotatable bonds is 31. The number of ether oxygens (including phenoxy) is 6. The predicted molar refractivity (Wildman–Crippen MR) is 518 cm³/mol. The van der Waals surface area contributed by atoms with Gasteiger partial charge in [0.05, 0.1) is 51.5 Å². The highest BCUT2D eigenvalue weighted by molar-refractivity contribution is 9.08. The van der Waals surface area contributed by atoms with Crippen LogP contribution < -0.4 is 11.1 Å². The Bertz CT molecular complexity index is 4640. The molecule has 8 rings (SSSR count). The van der Waals surface area contributed by atoms with Crippen LogP contribution in [0.1, 0.15) is 189 Å². The molecular formula is C96H133BBr2F3N14O18. The highest BCUT2D eigenvalue weighted by Crippen LogP contribution is 2.21. The zero-order valence-corrected chi connectivity index (χ0v) is 82.7. The normalized spacial score (nSPS) is 10.4. The molecule has 10 N–H and O–H groups in total. The molecule has 0 atom stereocenters. The van der Waals surface area contributed by atoms with Crippen LogP contribution in [0.3, 0.4) is 0 Å². The van der Waals surface area contributed by atoms with Gasteiger partial charge in [0, 0.05) is 90.5 Å². The number of terminal acetylenes is 3. The van der Waals surface area contributed by atoms with Gasteiger partial charge in [0.15, 0.2) is 0 Å². The molecule has 38 heteroatoms. The van der Waals surface area contributed by atoms with Crippen molar-refractivity contribution in [2.45, 2.75) is 227 Å². The van der Waals surface area contributed by atoms with E-state index in [4.69, 9.17) is 82.5 Å². The second-order valence-corrected chi connectivity index (χ2v) is 34.4. The van der Waals surface area contributed by atoms with Crippen molar-refractivity contribution in [3.05, 3.63) is 247 Å². The van der Waals surface area contributed by atoms with E-state index in [9.17, 15) is 33.1 Å². The van der Waals surface area contributed by atoms with Gasteiger partial charge in [0.25, 0.3) is 0 Å². The molecule has 3 amide bonds. The van der Waals surface area contributed by atoms with E-state index in [2.05, 4.69) is 136 Å². The average molecular weight is 2000 g/mol. The van der Waals surface area contributed by atoms with Gasteiger partial charge in [-0.1, -0.05) is 200 Å². The van der Waals surface area contributed by atoms with Crippen molar-refractivity contribution in [2.24, 2.45) is 10.8 Å². The van der Waals surface area contributed by atoms with Gasteiger partial charge in [-0.15, -0.1) is 19.3 Å². The zero-order chi connectivity index (χ0) is 102. The fourth-order valence-electron chi connectivity index (χ4n) is 9.97. The van der Waals surface area contributed by atoms with Crippen LogP contribution in [0.2, 0.25) is 0 Å². The maximum absolute atomic E-state index is 12.5. The molecule has 2 heterocycles. The monoisotopic (exact) mass is 2000 g/mol. The molecule has 0 bridgehead atoms. The Morgan fingerprint density at radius 1 is 0.478 bits per heavy atom. The highest BCUT2D eigenvalue weighted by atomic mass is 79.9. The van der Waals surface area contributed by atoms with Crippen molar-refractivity contribution in [3.63, 3.8) is 0 Å². The maximum atomic E-state index is 12.5. The highest BCUT2D eigenvalue weighted by Gasteiger charge is 2.28. The molecule has 2 aromatic heterocycles. The van der Waals surface area contributed by atoms with Crippen molar-refractivity contribution in [1.29, 1.82) is 0 Å². The molecule has 0 saturated heterocycles. The summed E-state index contributed by atoms with van der Waals surface area (Å²) in [6.45, 7) is 33.5. The first kappa shape index (κ1) is 124. The summed E-state index contributed by atoms with van der Waals surface area (Å²) in [5.74, 6) is 6.42.